The zero-order valence-corrected chi connectivity index (χ0v) is 27.7. The van der Waals surface area contributed by atoms with E-state index < -0.39 is 14.2 Å². The molecule has 0 saturated carbocycles. The molecule has 1 aliphatic rings. The van der Waals surface area contributed by atoms with Crippen molar-refractivity contribution in [3.63, 3.8) is 0 Å². The van der Waals surface area contributed by atoms with Gasteiger partial charge in [0.15, 0.2) is 5.78 Å². The maximum atomic E-state index is 14.1. The number of ether oxygens (including phenoxy) is 1. The van der Waals surface area contributed by atoms with Crippen molar-refractivity contribution in [1.82, 2.24) is 4.90 Å². The summed E-state index contributed by atoms with van der Waals surface area (Å²) in [6.07, 6.45) is 3.83. The van der Waals surface area contributed by atoms with Crippen LogP contribution >= 0.6 is 11.3 Å². The van der Waals surface area contributed by atoms with Gasteiger partial charge < -0.3 is 14.9 Å². The van der Waals surface area contributed by atoms with Crippen LogP contribution in [-0.4, -0.2) is 51.1 Å². The smallest absolute Gasteiger partial charge is 0.250 e. The third kappa shape index (κ3) is 7.03. The van der Waals surface area contributed by atoms with Crippen molar-refractivity contribution in [2.45, 2.75) is 58.2 Å². The average molecular weight is 615 g/mol. The monoisotopic (exact) mass is 614 g/mol. The third-order valence-electron chi connectivity index (χ3n) is 8.74. The highest BCUT2D eigenvalue weighted by Gasteiger charge is 2.39. The van der Waals surface area contributed by atoms with E-state index in [2.05, 4.69) is 38.8 Å². The molecule has 43 heavy (non-hydrogen) atoms. The summed E-state index contributed by atoms with van der Waals surface area (Å²) in [6, 6.07) is 20.7. The number of carbonyl (C=O) groups is 2. The van der Waals surface area contributed by atoms with Crippen LogP contribution in [0.5, 0.6) is 11.5 Å². The molecule has 1 aliphatic heterocycles. The number of carbonyl (C=O) groups excluding carboxylic acids is 2. The number of likely N-dealkylation sites (tertiary alicyclic amines) is 1. The minimum absolute atomic E-state index is 0.0745. The molecule has 0 atom stereocenters. The lowest BCUT2D eigenvalue weighted by Gasteiger charge is -2.36. The van der Waals surface area contributed by atoms with Gasteiger partial charge in [-0.1, -0.05) is 33.3 Å². The number of rotatable bonds is 10. The first-order chi connectivity index (χ1) is 20.4. The van der Waals surface area contributed by atoms with Gasteiger partial charge in [0.05, 0.1) is 0 Å². The number of nitrogens with zero attached hydrogens (tertiary/aromatic N) is 1. The molecule has 5 rings (SSSR count). The second kappa shape index (κ2) is 12.6. The molecule has 1 fully saturated rings. The highest BCUT2D eigenvalue weighted by atomic mass is 32.1. The van der Waals surface area contributed by atoms with E-state index in [1.165, 1.54) is 30.6 Å². The van der Waals surface area contributed by atoms with Gasteiger partial charge in [0, 0.05) is 38.2 Å². The first kappa shape index (κ1) is 31.0. The first-order valence-electron chi connectivity index (χ1n) is 15.1. The Morgan fingerprint density at radius 1 is 0.884 bits per heavy atom. The molecule has 0 aliphatic carbocycles. The van der Waals surface area contributed by atoms with Crippen LogP contribution in [0.4, 0.5) is 0 Å². The highest BCUT2D eigenvalue weighted by molar-refractivity contribution is 7.22. The SMILES string of the molecule is CC(C)(C)[Si](C)(C)Oc1ccc(-c2sc3cc(C(N)=O)ccc3c2C(=O)c2ccc(OCCN3CCCCC3)cc2)cc1. The van der Waals surface area contributed by atoms with Crippen LogP contribution in [0.25, 0.3) is 20.5 Å². The van der Waals surface area contributed by atoms with Crippen molar-refractivity contribution in [3.8, 4) is 21.9 Å². The lowest BCUT2D eigenvalue weighted by Crippen LogP contribution is -2.43. The minimum Gasteiger partial charge on any atom is -0.544 e. The predicted octanol–water partition coefficient (Wildman–Crippen LogP) is 8.15. The molecule has 2 heterocycles. The Hall–Kier alpha value is -3.46. The Bertz CT molecular complexity index is 1600. The highest BCUT2D eigenvalue weighted by Crippen LogP contribution is 2.42. The minimum atomic E-state index is -1.99. The number of amides is 1. The Morgan fingerprint density at radius 2 is 1.51 bits per heavy atom. The van der Waals surface area contributed by atoms with Gasteiger partial charge in [0.2, 0.25) is 14.2 Å². The molecule has 1 saturated heterocycles. The van der Waals surface area contributed by atoms with Gasteiger partial charge in [0.25, 0.3) is 0 Å². The molecule has 4 aromatic rings. The number of ketones is 1. The molecule has 6 nitrogen and oxygen atoms in total. The molecule has 1 aromatic heterocycles. The van der Waals surface area contributed by atoms with Crippen LogP contribution in [0.1, 0.15) is 66.3 Å². The van der Waals surface area contributed by atoms with E-state index in [1.54, 1.807) is 12.1 Å². The van der Waals surface area contributed by atoms with E-state index in [-0.39, 0.29) is 10.8 Å². The van der Waals surface area contributed by atoms with Crippen molar-refractivity contribution in [3.05, 3.63) is 83.4 Å². The molecule has 0 radical (unpaired) electrons. The molecule has 2 N–H and O–H groups in total. The van der Waals surface area contributed by atoms with Crippen molar-refractivity contribution in [2.24, 2.45) is 5.73 Å². The maximum Gasteiger partial charge on any atom is 0.250 e. The van der Waals surface area contributed by atoms with Gasteiger partial charge >= 0.3 is 0 Å². The summed E-state index contributed by atoms with van der Waals surface area (Å²) in [6.45, 7) is 14.9. The second-order valence-corrected chi connectivity index (χ2v) is 18.6. The molecule has 0 spiro atoms. The van der Waals surface area contributed by atoms with E-state index in [4.69, 9.17) is 14.9 Å². The fourth-order valence-electron chi connectivity index (χ4n) is 5.12. The van der Waals surface area contributed by atoms with Gasteiger partial charge in [0.1, 0.15) is 18.1 Å². The van der Waals surface area contributed by atoms with Gasteiger partial charge in [-0.3, -0.25) is 14.5 Å². The van der Waals surface area contributed by atoms with Crippen LogP contribution in [0.15, 0.2) is 66.7 Å². The first-order valence-corrected chi connectivity index (χ1v) is 18.8. The van der Waals surface area contributed by atoms with Gasteiger partial charge in [-0.25, -0.2) is 0 Å². The summed E-state index contributed by atoms with van der Waals surface area (Å²) < 4.78 is 13.3. The van der Waals surface area contributed by atoms with Crippen LogP contribution < -0.4 is 14.9 Å². The molecular formula is C35H42N2O4SSi. The van der Waals surface area contributed by atoms with E-state index in [9.17, 15) is 9.59 Å². The van der Waals surface area contributed by atoms with E-state index in [0.29, 0.717) is 23.3 Å². The standard InChI is InChI=1S/C35H42N2O4SSi/c1-35(2,3)43(4,5)41-28-16-11-25(12-17-28)33-31(29-18-13-26(34(36)39)23-30(29)42-33)32(38)24-9-14-27(15-10-24)40-22-21-37-19-7-6-8-20-37/h9-18,23H,6-8,19-22H2,1-5H3,(H2,36,39). The third-order valence-corrected chi connectivity index (χ3v) is 14.3. The Kier molecular flexibility index (Phi) is 9.11. The molecule has 0 bridgehead atoms. The van der Waals surface area contributed by atoms with E-state index >= 15 is 0 Å². The van der Waals surface area contributed by atoms with E-state index in [1.807, 2.05) is 54.6 Å². The van der Waals surface area contributed by atoms with Crippen molar-refractivity contribution in [1.29, 1.82) is 0 Å². The zero-order chi connectivity index (χ0) is 30.8. The van der Waals surface area contributed by atoms with Gasteiger partial charge in [-0.2, -0.15) is 0 Å². The summed E-state index contributed by atoms with van der Waals surface area (Å²) in [7, 11) is -1.99. The topological polar surface area (TPSA) is 81.9 Å². The fraction of sp³-hybridized carbons (Fsp3) is 0.371. The predicted molar refractivity (Wildman–Crippen MR) is 179 cm³/mol. The van der Waals surface area contributed by atoms with Crippen molar-refractivity contribution in [2.75, 3.05) is 26.2 Å². The quantitative estimate of drug-likeness (QED) is 0.144. The average Bonchev–Trinajstić information content (AvgIpc) is 3.36. The summed E-state index contributed by atoms with van der Waals surface area (Å²) >= 11 is 1.49. The van der Waals surface area contributed by atoms with Crippen LogP contribution in [-0.2, 0) is 0 Å². The number of primary amides is 1. The van der Waals surface area contributed by atoms with Crippen LogP contribution in [0.2, 0.25) is 18.1 Å². The lowest BCUT2D eigenvalue weighted by molar-refractivity contribution is 0.0999. The molecule has 0 unspecified atom stereocenters. The maximum absolute atomic E-state index is 14.1. The summed E-state index contributed by atoms with van der Waals surface area (Å²) in [5.41, 5.74) is 8.12. The van der Waals surface area contributed by atoms with Crippen molar-refractivity contribution >= 4 is 41.4 Å². The fourth-order valence-corrected chi connectivity index (χ4v) is 7.40. The number of fused-ring (bicyclic) bond motifs is 1. The zero-order valence-electron chi connectivity index (χ0n) is 25.9. The molecule has 8 heteroatoms. The lowest BCUT2D eigenvalue weighted by atomic mass is 9.97. The largest absolute Gasteiger partial charge is 0.544 e. The number of benzene rings is 3. The number of thiophene rings is 1. The summed E-state index contributed by atoms with van der Waals surface area (Å²) in [5.74, 6) is 1.02. The number of hydrogen-bond acceptors (Lipinski definition) is 6. The Labute approximate surface area is 259 Å². The number of piperidine rings is 1. The molecule has 3 aromatic carbocycles. The normalized spacial score (nSPS) is 14.5. The Balaban J connectivity index is 1.42. The molecule has 226 valence electrons. The van der Waals surface area contributed by atoms with Crippen molar-refractivity contribution < 1.29 is 18.8 Å². The van der Waals surface area contributed by atoms with Crippen LogP contribution in [0, 0.1) is 0 Å². The van der Waals surface area contributed by atoms with E-state index in [0.717, 1.165) is 51.7 Å². The van der Waals surface area contributed by atoms with Gasteiger partial charge in [-0.05, 0) is 110 Å². The van der Waals surface area contributed by atoms with Crippen LogP contribution in [0.3, 0.4) is 0 Å². The summed E-state index contributed by atoms with van der Waals surface area (Å²) in [4.78, 5) is 29.3. The number of nitrogens with two attached hydrogens (primary N) is 1. The second-order valence-electron chi connectivity index (χ2n) is 12.9. The number of hydrogen-bond donors (Lipinski definition) is 1. The molecule has 1 amide bonds. The molecular weight excluding hydrogens is 573 g/mol. The Morgan fingerprint density at radius 3 is 2.14 bits per heavy atom. The van der Waals surface area contributed by atoms with Gasteiger partial charge in [-0.15, -0.1) is 11.3 Å². The summed E-state index contributed by atoms with van der Waals surface area (Å²) in [5, 5.41) is 0.890.